The van der Waals surface area contributed by atoms with E-state index >= 15 is 0 Å². The maximum atomic E-state index is 12.6. The smallest absolute Gasteiger partial charge is 0.312 e. The fourth-order valence-corrected chi connectivity index (χ4v) is 3.44. The Balaban J connectivity index is 1.66. The molecule has 8 heteroatoms. The number of benzene rings is 2. The van der Waals surface area contributed by atoms with Gasteiger partial charge in [0, 0.05) is 27.7 Å². The number of primary amides is 1. The molecule has 30 heavy (non-hydrogen) atoms. The van der Waals surface area contributed by atoms with Crippen molar-refractivity contribution < 1.29 is 19.1 Å². The van der Waals surface area contributed by atoms with Crippen LogP contribution in [0.4, 0.5) is 4.79 Å². The second-order valence-corrected chi connectivity index (χ2v) is 7.23. The highest BCUT2D eigenvalue weighted by atomic mass is 35.5. The molecule has 0 bridgehead atoms. The number of nitrogens with one attached hydrogen (secondary N) is 2. The molecule has 1 heterocycles. The number of fused-ring (bicyclic) bond motifs is 1. The van der Waals surface area contributed by atoms with Crippen LogP contribution in [-0.4, -0.2) is 29.4 Å². The van der Waals surface area contributed by atoms with Gasteiger partial charge in [0.2, 0.25) is 5.78 Å². The van der Waals surface area contributed by atoms with E-state index in [-0.39, 0.29) is 12.2 Å². The number of ether oxygens (including phenoxy) is 1. The van der Waals surface area contributed by atoms with Crippen LogP contribution in [0.3, 0.4) is 0 Å². The van der Waals surface area contributed by atoms with Crippen LogP contribution in [0.2, 0.25) is 5.02 Å². The van der Waals surface area contributed by atoms with Gasteiger partial charge in [0.1, 0.15) is 0 Å². The number of halogens is 1. The molecule has 0 radical (unpaired) electrons. The Hall–Kier alpha value is -3.32. The van der Waals surface area contributed by atoms with Gasteiger partial charge < -0.3 is 20.8 Å². The molecule has 0 saturated carbocycles. The highest BCUT2D eigenvalue weighted by Crippen LogP contribution is 2.23. The molecule has 7 nitrogen and oxygen atoms in total. The third kappa shape index (κ3) is 4.99. The Kier molecular flexibility index (Phi) is 6.74. The number of urea groups is 1. The standard InChI is InChI=1S/C22H22ClN3O4/c1-2-13-4-3-5-16-17(11-25-21(13)16)19(27)12-30-20(28)10-18(26-22(24)29)14-6-8-15(23)9-7-14/h3-9,11,18,25H,2,10,12H2,1H3,(H3,24,26,29). The van der Waals surface area contributed by atoms with E-state index in [0.29, 0.717) is 16.1 Å². The van der Waals surface area contributed by atoms with E-state index in [9.17, 15) is 14.4 Å². The van der Waals surface area contributed by atoms with Crippen molar-refractivity contribution >= 4 is 40.3 Å². The molecule has 0 spiro atoms. The van der Waals surface area contributed by atoms with E-state index in [0.717, 1.165) is 22.9 Å². The van der Waals surface area contributed by atoms with E-state index in [2.05, 4.69) is 10.3 Å². The van der Waals surface area contributed by atoms with Crippen molar-refractivity contribution in [3.05, 3.63) is 70.4 Å². The lowest BCUT2D eigenvalue weighted by molar-refractivity contribution is -0.143. The lowest BCUT2D eigenvalue weighted by Crippen LogP contribution is -2.34. The number of rotatable bonds is 8. The molecule has 2 amide bonds. The summed E-state index contributed by atoms with van der Waals surface area (Å²) < 4.78 is 5.17. The van der Waals surface area contributed by atoms with E-state index in [1.165, 1.54) is 0 Å². The largest absolute Gasteiger partial charge is 0.457 e. The number of Topliss-reactive ketones (excluding diaryl/α,β-unsaturated/α-hetero) is 1. The van der Waals surface area contributed by atoms with Crippen LogP contribution in [-0.2, 0) is 16.0 Å². The van der Waals surface area contributed by atoms with E-state index < -0.39 is 24.6 Å². The number of H-pyrrole nitrogens is 1. The average molecular weight is 428 g/mol. The second-order valence-electron chi connectivity index (χ2n) is 6.80. The Morgan fingerprint density at radius 1 is 1.17 bits per heavy atom. The molecule has 0 saturated heterocycles. The summed E-state index contributed by atoms with van der Waals surface area (Å²) in [4.78, 5) is 39.3. The lowest BCUT2D eigenvalue weighted by Gasteiger charge is -2.17. The fourth-order valence-electron chi connectivity index (χ4n) is 3.31. The number of aromatic amines is 1. The molecule has 3 aromatic rings. The van der Waals surface area contributed by atoms with Gasteiger partial charge in [0.15, 0.2) is 6.61 Å². The van der Waals surface area contributed by atoms with Crippen LogP contribution in [0.15, 0.2) is 48.7 Å². The molecule has 1 unspecified atom stereocenters. The maximum Gasteiger partial charge on any atom is 0.312 e. The number of aromatic nitrogens is 1. The first-order valence-electron chi connectivity index (χ1n) is 9.48. The van der Waals surface area contributed by atoms with Crippen LogP contribution in [0, 0.1) is 0 Å². The zero-order valence-corrected chi connectivity index (χ0v) is 17.2. The summed E-state index contributed by atoms with van der Waals surface area (Å²) in [6, 6.07) is 10.9. The Bertz CT molecular complexity index is 1080. The number of nitrogens with two attached hydrogens (primary N) is 1. The van der Waals surface area contributed by atoms with E-state index in [4.69, 9.17) is 22.1 Å². The zero-order chi connectivity index (χ0) is 21.7. The topological polar surface area (TPSA) is 114 Å². The Morgan fingerprint density at radius 3 is 2.57 bits per heavy atom. The number of carbonyl (C=O) groups excluding carboxylic acids is 3. The van der Waals surface area contributed by atoms with Crippen LogP contribution in [0.25, 0.3) is 10.9 Å². The highest BCUT2D eigenvalue weighted by Gasteiger charge is 2.20. The number of carbonyl (C=O) groups is 3. The summed E-state index contributed by atoms with van der Waals surface area (Å²) in [5, 5.41) is 3.82. The second kappa shape index (κ2) is 9.45. The summed E-state index contributed by atoms with van der Waals surface area (Å²) >= 11 is 5.88. The number of ketones is 1. The summed E-state index contributed by atoms with van der Waals surface area (Å²) in [5.74, 6) is -0.945. The van der Waals surface area contributed by atoms with Gasteiger partial charge in [0.05, 0.1) is 12.5 Å². The van der Waals surface area contributed by atoms with Crippen molar-refractivity contribution in [2.45, 2.75) is 25.8 Å². The molecule has 4 N–H and O–H groups in total. The van der Waals surface area contributed by atoms with Crippen molar-refractivity contribution in [3.63, 3.8) is 0 Å². The number of aryl methyl sites for hydroxylation is 1. The predicted molar refractivity (Wildman–Crippen MR) is 114 cm³/mol. The number of amides is 2. The summed E-state index contributed by atoms with van der Waals surface area (Å²) in [7, 11) is 0. The molecule has 0 aliphatic rings. The highest BCUT2D eigenvalue weighted by molar-refractivity contribution is 6.30. The molecular weight excluding hydrogens is 406 g/mol. The van der Waals surface area contributed by atoms with Gasteiger partial charge in [-0.25, -0.2) is 4.79 Å². The molecule has 3 rings (SSSR count). The predicted octanol–water partition coefficient (Wildman–Crippen LogP) is 3.91. The van der Waals surface area contributed by atoms with Gasteiger partial charge >= 0.3 is 12.0 Å². The van der Waals surface area contributed by atoms with Crippen molar-refractivity contribution in [1.29, 1.82) is 0 Å². The first-order valence-corrected chi connectivity index (χ1v) is 9.86. The van der Waals surface area contributed by atoms with Crippen LogP contribution >= 0.6 is 11.6 Å². The summed E-state index contributed by atoms with van der Waals surface area (Å²) in [6.45, 7) is 1.64. The van der Waals surface area contributed by atoms with E-state index in [1.807, 2.05) is 25.1 Å². The average Bonchev–Trinajstić information content (AvgIpc) is 3.16. The molecular formula is C22H22ClN3O4. The zero-order valence-electron chi connectivity index (χ0n) is 16.4. The Labute approximate surface area is 178 Å². The van der Waals surface area contributed by atoms with Gasteiger partial charge in [-0.3, -0.25) is 9.59 Å². The summed E-state index contributed by atoms with van der Waals surface area (Å²) in [6.07, 6.45) is 2.29. The maximum absolute atomic E-state index is 12.6. The minimum absolute atomic E-state index is 0.175. The third-order valence-corrected chi connectivity index (χ3v) is 5.06. The number of hydrogen-bond donors (Lipinski definition) is 3. The van der Waals surface area contributed by atoms with Crippen LogP contribution in [0.5, 0.6) is 0 Å². The van der Waals surface area contributed by atoms with Crippen LogP contribution in [0.1, 0.15) is 40.9 Å². The number of hydrogen-bond acceptors (Lipinski definition) is 4. The summed E-state index contributed by atoms with van der Waals surface area (Å²) in [5.41, 5.74) is 8.34. The molecule has 2 aromatic carbocycles. The lowest BCUT2D eigenvalue weighted by atomic mass is 10.0. The van der Waals surface area contributed by atoms with Gasteiger partial charge in [0.25, 0.3) is 0 Å². The van der Waals surface area contributed by atoms with Gasteiger partial charge in [-0.1, -0.05) is 48.9 Å². The molecule has 1 atom stereocenters. The quantitative estimate of drug-likeness (QED) is 0.373. The van der Waals surface area contributed by atoms with Gasteiger partial charge in [-0.05, 0) is 29.7 Å². The fraction of sp³-hybridized carbons (Fsp3) is 0.227. The van der Waals surface area contributed by atoms with Crippen molar-refractivity contribution in [3.8, 4) is 0 Å². The van der Waals surface area contributed by atoms with Crippen LogP contribution < -0.4 is 11.1 Å². The Morgan fingerprint density at radius 2 is 1.90 bits per heavy atom. The monoisotopic (exact) mass is 427 g/mol. The molecule has 1 aromatic heterocycles. The van der Waals surface area contributed by atoms with Gasteiger partial charge in [-0.2, -0.15) is 0 Å². The normalized spacial score (nSPS) is 11.8. The van der Waals surface area contributed by atoms with Gasteiger partial charge in [-0.15, -0.1) is 0 Å². The van der Waals surface area contributed by atoms with E-state index in [1.54, 1.807) is 30.5 Å². The SMILES string of the molecule is CCc1cccc2c(C(=O)COC(=O)CC(NC(N)=O)c3ccc(Cl)cc3)c[nH]c12. The van der Waals surface area contributed by atoms with Crippen molar-refractivity contribution in [2.75, 3.05) is 6.61 Å². The number of esters is 1. The number of para-hydroxylation sites is 1. The molecule has 156 valence electrons. The van der Waals surface area contributed by atoms with Crippen molar-refractivity contribution in [2.24, 2.45) is 5.73 Å². The minimum atomic E-state index is -0.774. The first-order chi connectivity index (χ1) is 14.4. The molecule has 0 fully saturated rings. The first kappa shape index (κ1) is 21.4. The third-order valence-electron chi connectivity index (χ3n) is 4.81. The van der Waals surface area contributed by atoms with Crippen molar-refractivity contribution in [1.82, 2.24) is 10.3 Å². The minimum Gasteiger partial charge on any atom is -0.457 e. The molecule has 0 aliphatic carbocycles. The molecule has 0 aliphatic heterocycles.